The lowest BCUT2D eigenvalue weighted by atomic mass is 11.0. The molecule has 3 heteroatoms. The van der Waals surface area contributed by atoms with Gasteiger partial charge in [0.25, 0.3) is 0 Å². The van der Waals surface area contributed by atoms with Crippen LogP contribution in [-0.2, 0) is 0 Å². The van der Waals surface area contributed by atoms with E-state index in [9.17, 15) is 0 Å². The minimum absolute atomic E-state index is 1.25. The van der Waals surface area contributed by atoms with Crippen molar-refractivity contribution < 1.29 is 0 Å². The van der Waals surface area contributed by atoms with Crippen molar-refractivity contribution in [3.8, 4) is 0 Å². The van der Waals surface area contributed by atoms with E-state index in [1.807, 2.05) is 13.8 Å². The Hall–Kier alpha value is -0.690. The van der Waals surface area contributed by atoms with E-state index in [-0.39, 0.29) is 0 Å². The van der Waals surface area contributed by atoms with Crippen LogP contribution in [-0.4, -0.2) is 0 Å². The number of hydrogen-bond acceptors (Lipinski definition) is 1. The van der Waals surface area contributed by atoms with Gasteiger partial charge in [-0.25, -0.2) is 0 Å². The molecule has 3 nitrogen and oxygen atoms in total. The fourth-order valence-corrected chi connectivity index (χ4v) is 0. The molecule has 0 saturated heterocycles. The summed E-state index contributed by atoms with van der Waals surface area (Å²) in [5.41, 5.74) is 6.64. The first kappa shape index (κ1) is 8.85. The second-order valence-electron chi connectivity index (χ2n) is 0.0816. The van der Waals surface area contributed by atoms with Crippen molar-refractivity contribution in [3.05, 3.63) is 10.4 Å². The summed E-state index contributed by atoms with van der Waals surface area (Å²) in [6.07, 6.45) is 0. The highest BCUT2D eigenvalue weighted by molar-refractivity contribution is 3.92. The van der Waals surface area contributed by atoms with E-state index in [4.69, 9.17) is 10.4 Å². The first-order chi connectivity index (χ1) is 2.41. The zero-order chi connectivity index (χ0) is 4.71. The van der Waals surface area contributed by atoms with E-state index >= 15 is 0 Å². The SMILES string of the molecule is CC.[N-]=[N+]=O. The Kier molecular flexibility index (Phi) is 325. The van der Waals surface area contributed by atoms with Gasteiger partial charge in [0.1, 0.15) is 4.97 Å². The highest BCUT2D eigenvalue weighted by Gasteiger charge is 1.06. The molecule has 0 aromatic carbocycles. The van der Waals surface area contributed by atoms with E-state index in [0.29, 0.717) is 0 Å². The Morgan fingerprint density at radius 2 is 1.60 bits per heavy atom. The molecular formula is C2H6N2O. The highest BCUT2D eigenvalue weighted by atomic mass is 16.2. The summed E-state index contributed by atoms with van der Waals surface area (Å²) in [7, 11) is 0. The van der Waals surface area contributed by atoms with Gasteiger partial charge in [-0.15, -0.1) is 0 Å². The third kappa shape index (κ3) is 11.9. The van der Waals surface area contributed by atoms with Crippen LogP contribution in [0.5, 0.6) is 0 Å². The maximum absolute atomic E-state index is 8.11. The maximum Gasteiger partial charge on any atom is 0.151 e. The molecule has 0 aliphatic rings. The molecule has 0 fully saturated rings. The summed E-state index contributed by atoms with van der Waals surface area (Å²) in [6, 6.07) is 0. The molecular weight excluding hydrogens is 68.0 g/mol. The number of nitroso groups, excluding NO2 is 1. The van der Waals surface area contributed by atoms with Crippen LogP contribution in [0.2, 0.25) is 0 Å². The van der Waals surface area contributed by atoms with Crippen molar-refractivity contribution in [2.75, 3.05) is 0 Å². The van der Waals surface area contributed by atoms with Crippen molar-refractivity contribution in [3.63, 3.8) is 0 Å². The standard InChI is InChI=1S/C2H6.N2O/c1-2;1-2-3/h1-2H3;. The summed E-state index contributed by atoms with van der Waals surface area (Å²) in [5, 5.41) is 0. The second-order valence-corrected chi connectivity index (χ2v) is 0.0816. The summed E-state index contributed by atoms with van der Waals surface area (Å²) < 4.78 is 0. The predicted molar refractivity (Wildman–Crippen MR) is 20.2 cm³/mol. The van der Waals surface area contributed by atoms with Crippen LogP contribution in [0.4, 0.5) is 0 Å². The van der Waals surface area contributed by atoms with Crippen molar-refractivity contribution >= 4 is 0 Å². The fraction of sp³-hybridized carbons (Fsp3) is 1.00. The quantitative estimate of drug-likeness (QED) is 0.310. The zero-order valence-electron chi connectivity index (χ0n) is 3.30. The van der Waals surface area contributed by atoms with Crippen molar-refractivity contribution in [1.82, 2.24) is 4.97 Å². The number of nitrogens with zero attached hydrogens (tertiary/aromatic N) is 2. The maximum atomic E-state index is 8.11. The molecule has 0 unspecified atom stereocenters. The minimum atomic E-state index is 1.25. The summed E-state index contributed by atoms with van der Waals surface area (Å²) in [4.78, 5) is 9.36. The Bertz CT molecular complexity index is 28.6. The van der Waals surface area contributed by atoms with Crippen LogP contribution in [0.1, 0.15) is 13.8 Å². The van der Waals surface area contributed by atoms with Crippen LogP contribution in [0.25, 0.3) is 5.53 Å². The van der Waals surface area contributed by atoms with Crippen molar-refractivity contribution in [1.29, 1.82) is 0 Å². The van der Waals surface area contributed by atoms with Crippen LogP contribution in [0.15, 0.2) is 0 Å². The van der Waals surface area contributed by atoms with Gasteiger partial charge in [-0.1, -0.05) is 13.8 Å². The molecule has 0 saturated carbocycles. The molecule has 0 spiro atoms. The third-order valence-corrected chi connectivity index (χ3v) is 0. The zero-order valence-corrected chi connectivity index (χ0v) is 3.30. The van der Waals surface area contributed by atoms with Gasteiger partial charge in [-0.2, -0.15) is 0 Å². The van der Waals surface area contributed by atoms with Gasteiger partial charge < -0.3 is 0 Å². The average molecular weight is 74.1 g/mol. The molecule has 30 valence electrons. The molecule has 0 aromatic heterocycles. The lowest BCUT2D eigenvalue weighted by Gasteiger charge is -1.07. The van der Waals surface area contributed by atoms with Gasteiger partial charge in [-0.05, 0) is 0 Å². The molecule has 0 radical (unpaired) electrons. The topological polar surface area (TPSA) is 53.5 Å². The normalized spacial score (nSPS) is 2.80. The summed E-state index contributed by atoms with van der Waals surface area (Å²) in [6.45, 7) is 4.00. The Morgan fingerprint density at radius 3 is 1.60 bits per heavy atom. The molecule has 0 heterocycles. The van der Waals surface area contributed by atoms with Gasteiger partial charge in [0.15, 0.2) is 4.91 Å². The first-order valence-corrected chi connectivity index (χ1v) is 1.38. The molecule has 0 N–H and O–H groups in total. The molecule has 0 aliphatic carbocycles. The molecule has 0 aromatic rings. The molecule has 0 amide bonds. The van der Waals surface area contributed by atoms with E-state index in [1.54, 1.807) is 0 Å². The van der Waals surface area contributed by atoms with Crippen LogP contribution >= 0.6 is 0 Å². The van der Waals surface area contributed by atoms with Gasteiger partial charge in [0, 0.05) is 0 Å². The Labute approximate surface area is 30.5 Å². The van der Waals surface area contributed by atoms with Gasteiger partial charge >= 0.3 is 0 Å². The lowest BCUT2D eigenvalue weighted by Crippen LogP contribution is -1.21. The highest BCUT2D eigenvalue weighted by Crippen LogP contribution is 1.14. The van der Waals surface area contributed by atoms with Gasteiger partial charge in [-0.3, -0.25) is 5.53 Å². The minimum Gasteiger partial charge on any atom is -0.294 e. The number of rotatable bonds is 0. The second kappa shape index (κ2) is 184. The van der Waals surface area contributed by atoms with E-state index in [0.717, 1.165) is 0 Å². The van der Waals surface area contributed by atoms with Gasteiger partial charge in [0.2, 0.25) is 0 Å². The van der Waals surface area contributed by atoms with Crippen LogP contribution in [0.3, 0.4) is 0 Å². The van der Waals surface area contributed by atoms with Crippen molar-refractivity contribution in [2.45, 2.75) is 13.8 Å². The average Bonchev–Trinajstić information content (AvgIpc) is 1.46. The molecule has 0 atom stereocenters. The summed E-state index contributed by atoms with van der Waals surface area (Å²) in [5.74, 6) is 0. The van der Waals surface area contributed by atoms with E-state index < -0.39 is 0 Å². The van der Waals surface area contributed by atoms with Crippen LogP contribution in [0, 0.1) is 4.91 Å². The lowest BCUT2D eigenvalue weighted by molar-refractivity contribution is 1.50. The molecule has 0 aliphatic heterocycles. The predicted octanol–water partition coefficient (Wildman–Crippen LogP) is 0.868. The Morgan fingerprint density at radius 1 is 1.60 bits per heavy atom. The Balaban J connectivity index is 0. The van der Waals surface area contributed by atoms with Crippen LogP contribution < -0.4 is 4.97 Å². The number of hydrogen-bond donors (Lipinski definition) is 0. The molecule has 5 heavy (non-hydrogen) atoms. The molecule has 0 bridgehead atoms. The molecule has 0 rings (SSSR count). The monoisotopic (exact) mass is 74.0 g/mol. The van der Waals surface area contributed by atoms with E-state index in [1.165, 1.54) is 4.97 Å². The van der Waals surface area contributed by atoms with Crippen molar-refractivity contribution in [2.24, 2.45) is 0 Å². The van der Waals surface area contributed by atoms with E-state index in [2.05, 4.69) is 0 Å². The largest absolute Gasteiger partial charge is 0.294 e. The summed E-state index contributed by atoms with van der Waals surface area (Å²) >= 11 is 0. The third-order valence-electron chi connectivity index (χ3n) is 0. The first-order valence-electron chi connectivity index (χ1n) is 1.38. The fourth-order valence-electron chi connectivity index (χ4n) is 0. The smallest absolute Gasteiger partial charge is 0.151 e. The van der Waals surface area contributed by atoms with Gasteiger partial charge in [0.05, 0.1) is 0 Å².